The quantitative estimate of drug-likeness (QED) is 0.675. The van der Waals surface area contributed by atoms with Crippen molar-refractivity contribution >= 4 is 0 Å². The molecule has 0 spiro atoms. The maximum absolute atomic E-state index is 5.99. The first kappa shape index (κ1) is 18.0. The molecule has 2 aliphatic carbocycles. The molecule has 0 aromatic heterocycles. The summed E-state index contributed by atoms with van der Waals surface area (Å²) in [6, 6.07) is 18.6. The Bertz CT molecular complexity index is 810. The summed E-state index contributed by atoms with van der Waals surface area (Å²) in [5.74, 6) is 4.49. The third-order valence-electron chi connectivity index (χ3n) is 6.66. The number of piperazine rings is 1. The summed E-state index contributed by atoms with van der Waals surface area (Å²) >= 11 is 0. The molecule has 2 aromatic rings. The van der Waals surface area contributed by atoms with Crippen LogP contribution in [-0.2, 0) is 6.54 Å². The Hall–Kier alpha value is -2.10. The van der Waals surface area contributed by atoms with Gasteiger partial charge in [-0.15, -0.1) is 0 Å². The molecular formula is C25H30N2O. The fourth-order valence-corrected chi connectivity index (χ4v) is 5.16. The average molecular weight is 375 g/mol. The molecule has 146 valence electrons. The molecule has 5 rings (SSSR count). The van der Waals surface area contributed by atoms with Crippen molar-refractivity contribution in [2.24, 2.45) is 17.8 Å². The molecule has 2 aromatic carbocycles. The Morgan fingerprint density at radius 2 is 1.57 bits per heavy atom. The van der Waals surface area contributed by atoms with Crippen LogP contribution in [0.4, 0.5) is 0 Å². The summed E-state index contributed by atoms with van der Waals surface area (Å²) in [6.45, 7) is 7.06. The highest BCUT2D eigenvalue weighted by Gasteiger charge is 2.36. The topological polar surface area (TPSA) is 15.7 Å². The molecule has 0 unspecified atom stereocenters. The minimum Gasteiger partial charge on any atom is -0.457 e. The first-order chi connectivity index (χ1) is 13.8. The van der Waals surface area contributed by atoms with Crippen LogP contribution in [0.5, 0.6) is 11.5 Å². The lowest BCUT2D eigenvalue weighted by molar-refractivity contribution is 0.108. The van der Waals surface area contributed by atoms with E-state index in [2.05, 4.69) is 40.2 Å². The second kappa shape index (κ2) is 8.10. The summed E-state index contributed by atoms with van der Waals surface area (Å²) in [5, 5.41) is 0. The van der Waals surface area contributed by atoms with E-state index in [0.717, 1.165) is 35.8 Å². The number of hydrogen-bond acceptors (Lipinski definition) is 3. The van der Waals surface area contributed by atoms with Gasteiger partial charge < -0.3 is 9.64 Å². The number of hydrogen-bond donors (Lipinski definition) is 0. The molecule has 2 bridgehead atoms. The number of para-hydroxylation sites is 1. The van der Waals surface area contributed by atoms with E-state index < -0.39 is 0 Å². The zero-order valence-corrected chi connectivity index (χ0v) is 16.5. The molecule has 1 aliphatic heterocycles. The van der Waals surface area contributed by atoms with Crippen LogP contribution in [0.1, 0.15) is 18.4 Å². The number of ether oxygens (including phenoxy) is 1. The third-order valence-corrected chi connectivity index (χ3v) is 6.66. The lowest BCUT2D eigenvalue weighted by Crippen LogP contribution is -2.47. The third kappa shape index (κ3) is 4.16. The van der Waals surface area contributed by atoms with E-state index in [0.29, 0.717) is 0 Å². The Labute approximate surface area is 168 Å². The van der Waals surface area contributed by atoms with Crippen molar-refractivity contribution in [3.05, 3.63) is 72.3 Å². The van der Waals surface area contributed by atoms with Gasteiger partial charge in [-0.05, 0) is 60.4 Å². The molecule has 28 heavy (non-hydrogen) atoms. The molecule has 3 atom stereocenters. The Kier molecular flexibility index (Phi) is 5.20. The zero-order chi connectivity index (χ0) is 18.8. The highest BCUT2D eigenvalue weighted by Crippen LogP contribution is 2.43. The van der Waals surface area contributed by atoms with Gasteiger partial charge in [0.15, 0.2) is 0 Å². The summed E-state index contributed by atoms with van der Waals surface area (Å²) in [5.41, 5.74) is 1.33. The van der Waals surface area contributed by atoms with Gasteiger partial charge in [0.1, 0.15) is 11.5 Å². The van der Waals surface area contributed by atoms with Crippen molar-refractivity contribution in [3.63, 3.8) is 0 Å². The van der Waals surface area contributed by atoms with Crippen LogP contribution in [0.25, 0.3) is 0 Å². The largest absolute Gasteiger partial charge is 0.457 e. The van der Waals surface area contributed by atoms with Gasteiger partial charge in [0, 0.05) is 39.3 Å². The smallest absolute Gasteiger partial charge is 0.127 e. The molecule has 3 aliphatic rings. The van der Waals surface area contributed by atoms with Crippen LogP contribution in [0.3, 0.4) is 0 Å². The molecule has 0 N–H and O–H groups in total. The van der Waals surface area contributed by atoms with E-state index in [4.69, 9.17) is 4.74 Å². The second-order valence-electron chi connectivity index (χ2n) is 8.68. The maximum Gasteiger partial charge on any atom is 0.127 e. The van der Waals surface area contributed by atoms with E-state index in [1.807, 2.05) is 36.4 Å². The molecule has 1 heterocycles. The number of allylic oxidation sites excluding steroid dienone is 2. The van der Waals surface area contributed by atoms with Crippen LogP contribution in [-0.4, -0.2) is 42.5 Å². The SMILES string of the molecule is C1=C[C@H]2C[C@@H]1C[C@H]2CN1CCN(Cc2cccc(Oc3ccccc3)c2)CC1. The molecular weight excluding hydrogens is 344 g/mol. The molecule has 1 saturated carbocycles. The fourth-order valence-electron chi connectivity index (χ4n) is 5.16. The number of nitrogens with zero attached hydrogens (tertiary/aromatic N) is 2. The summed E-state index contributed by atoms with van der Waals surface area (Å²) in [7, 11) is 0. The first-order valence-electron chi connectivity index (χ1n) is 10.8. The van der Waals surface area contributed by atoms with Crippen LogP contribution in [0, 0.1) is 17.8 Å². The molecule has 3 heteroatoms. The summed E-state index contributed by atoms with van der Waals surface area (Å²) < 4.78 is 5.99. The lowest BCUT2D eigenvalue weighted by Gasteiger charge is -2.37. The minimum absolute atomic E-state index is 0.871. The molecule has 0 radical (unpaired) electrons. The average Bonchev–Trinajstić information content (AvgIpc) is 3.34. The predicted molar refractivity (Wildman–Crippen MR) is 114 cm³/mol. The monoisotopic (exact) mass is 374 g/mol. The normalized spacial score (nSPS) is 27.4. The standard InChI is InChI=1S/C25H30N2O/c1-2-6-24(7-3-1)28-25-8-4-5-21(17-25)18-26-11-13-27(14-12-26)19-23-16-20-9-10-22(23)15-20/h1-10,17,20,22-23H,11-16,18-19H2/t20-,22+,23+/m1/s1. The lowest BCUT2D eigenvalue weighted by atomic mass is 9.93. The van der Waals surface area contributed by atoms with Crippen molar-refractivity contribution in [2.75, 3.05) is 32.7 Å². The van der Waals surface area contributed by atoms with E-state index >= 15 is 0 Å². The second-order valence-corrected chi connectivity index (χ2v) is 8.68. The van der Waals surface area contributed by atoms with Crippen LogP contribution >= 0.6 is 0 Å². The van der Waals surface area contributed by atoms with Gasteiger partial charge in [-0.2, -0.15) is 0 Å². The zero-order valence-electron chi connectivity index (χ0n) is 16.5. The Morgan fingerprint density at radius 1 is 0.786 bits per heavy atom. The van der Waals surface area contributed by atoms with Gasteiger partial charge in [0.25, 0.3) is 0 Å². The van der Waals surface area contributed by atoms with E-state index in [-0.39, 0.29) is 0 Å². The minimum atomic E-state index is 0.871. The van der Waals surface area contributed by atoms with Crippen molar-refractivity contribution in [3.8, 4) is 11.5 Å². The number of benzene rings is 2. The van der Waals surface area contributed by atoms with E-state index in [1.54, 1.807) is 0 Å². The van der Waals surface area contributed by atoms with Gasteiger partial charge in [0.05, 0.1) is 0 Å². The molecule has 3 nitrogen and oxygen atoms in total. The van der Waals surface area contributed by atoms with E-state index in [9.17, 15) is 0 Å². The van der Waals surface area contributed by atoms with Gasteiger partial charge in [-0.3, -0.25) is 4.90 Å². The summed E-state index contributed by atoms with van der Waals surface area (Å²) in [4.78, 5) is 5.28. The van der Waals surface area contributed by atoms with Crippen LogP contribution in [0.2, 0.25) is 0 Å². The first-order valence-corrected chi connectivity index (χ1v) is 10.8. The van der Waals surface area contributed by atoms with Crippen LogP contribution in [0.15, 0.2) is 66.7 Å². The van der Waals surface area contributed by atoms with Crippen molar-refractivity contribution in [1.29, 1.82) is 0 Å². The van der Waals surface area contributed by atoms with Gasteiger partial charge in [0.2, 0.25) is 0 Å². The van der Waals surface area contributed by atoms with E-state index in [1.165, 1.54) is 51.1 Å². The fraction of sp³-hybridized carbons (Fsp3) is 0.440. The number of rotatable bonds is 6. The van der Waals surface area contributed by atoms with Crippen molar-refractivity contribution < 1.29 is 4.74 Å². The predicted octanol–water partition coefficient (Wildman–Crippen LogP) is 4.81. The maximum atomic E-state index is 5.99. The van der Waals surface area contributed by atoms with Crippen molar-refractivity contribution in [1.82, 2.24) is 9.80 Å². The van der Waals surface area contributed by atoms with Gasteiger partial charge in [-0.1, -0.05) is 42.5 Å². The molecule has 0 amide bonds. The Morgan fingerprint density at radius 3 is 2.32 bits per heavy atom. The highest BCUT2D eigenvalue weighted by molar-refractivity contribution is 5.33. The molecule has 1 saturated heterocycles. The number of fused-ring (bicyclic) bond motifs is 2. The van der Waals surface area contributed by atoms with Crippen molar-refractivity contribution in [2.45, 2.75) is 19.4 Å². The van der Waals surface area contributed by atoms with Gasteiger partial charge in [-0.25, -0.2) is 0 Å². The van der Waals surface area contributed by atoms with Crippen LogP contribution < -0.4 is 4.74 Å². The van der Waals surface area contributed by atoms with Gasteiger partial charge >= 0.3 is 0 Å². The molecule has 2 fully saturated rings. The highest BCUT2D eigenvalue weighted by atomic mass is 16.5. The summed E-state index contributed by atoms with van der Waals surface area (Å²) in [6.07, 6.45) is 7.79. The Balaban J connectivity index is 1.12.